The van der Waals surface area contributed by atoms with Crippen LogP contribution in [0.1, 0.15) is 0 Å². The second-order valence-electron chi connectivity index (χ2n) is 6.36. The molecule has 0 aliphatic heterocycles. The van der Waals surface area contributed by atoms with Crippen LogP contribution >= 0.6 is 11.5 Å². The number of benzene rings is 2. The monoisotopic (exact) mass is 411 g/mol. The number of rotatable bonds is 5. The number of nitrogens with one attached hydrogen (secondary N) is 1. The van der Waals surface area contributed by atoms with Crippen molar-refractivity contribution in [1.29, 1.82) is 0 Å². The summed E-state index contributed by atoms with van der Waals surface area (Å²) in [6.45, 7) is 0. The topological polar surface area (TPSA) is 87.5 Å². The molecule has 2 heterocycles. The molecular formula is C19H17N5O2S2. The largest absolute Gasteiger partial charge is 0.369 e. The van der Waals surface area contributed by atoms with Crippen LogP contribution < -0.4 is 4.72 Å². The van der Waals surface area contributed by atoms with Gasteiger partial charge in [0.05, 0.1) is 16.6 Å². The highest BCUT2D eigenvalue weighted by molar-refractivity contribution is 7.93. The van der Waals surface area contributed by atoms with E-state index >= 15 is 0 Å². The summed E-state index contributed by atoms with van der Waals surface area (Å²) < 4.78 is 33.9. The lowest BCUT2D eigenvalue weighted by Crippen LogP contribution is -2.13. The van der Waals surface area contributed by atoms with E-state index in [4.69, 9.17) is 0 Å². The Kier molecular flexibility index (Phi) is 4.70. The molecule has 0 aliphatic carbocycles. The van der Waals surface area contributed by atoms with Crippen molar-refractivity contribution >= 4 is 60.4 Å². The predicted octanol–water partition coefficient (Wildman–Crippen LogP) is 3.87. The molecular weight excluding hydrogens is 394 g/mol. The second-order valence-corrected chi connectivity index (χ2v) is 8.82. The number of sulfonamides is 1. The fraction of sp³-hybridized carbons (Fsp3) is 0.105. The van der Waals surface area contributed by atoms with Gasteiger partial charge < -0.3 is 4.90 Å². The molecule has 0 saturated carbocycles. The van der Waals surface area contributed by atoms with E-state index in [0.29, 0.717) is 17.0 Å². The average molecular weight is 412 g/mol. The molecule has 2 aromatic carbocycles. The predicted molar refractivity (Wildman–Crippen MR) is 114 cm³/mol. The number of pyridine rings is 1. The molecule has 0 aliphatic rings. The van der Waals surface area contributed by atoms with Crippen molar-refractivity contribution < 1.29 is 8.42 Å². The molecule has 0 bridgehead atoms. The Labute approximate surface area is 166 Å². The quantitative estimate of drug-likeness (QED) is 0.398. The third-order valence-electron chi connectivity index (χ3n) is 4.00. The SMILES string of the molecule is CN(C)/C=N/c1nsc2ccc(NS(=O)(=O)c3cccc4cccnc34)cc12. The molecule has 0 amide bonds. The second kappa shape index (κ2) is 7.17. The first-order chi connectivity index (χ1) is 13.4. The van der Waals surface area contributed by atoms with E-state index in [9.17, 15) is 8.42 Å². The first kappa shape index (κ1) is 18.3. The summed E-state index contributed by atoms with van der Waals surface area (Å²) in [7, 11) is -0.0646. The van der Waals surface area contributed by atoms with E-state index in [1.807, 2.05) is 37.2 Å². The van der Waals surface area contributed by atoms with Gasteiger partial charge in [0.1, 0.15) is 4.90 Å². The first-order valence-electron chi connectivity index (χ1n) is 8.41. The van der Waals surface area contributed by atoms with Gasteiger partial charge in [-0.2, -0.15) is 4.37 Å². The van der Waals surface area contributed by atoms with E-state index in [2.05, 4.69) is 19.1 Å². The number of fused-ring (bicyclic) bond motifs is 2. The summed E-state index contributed by atoms with van der Waals surface area (Å²) in [5.41, 5.74) is 0.883. The number of aromatic nitrogens is 2. The molecule has 0 radical (unpaired) electrons. The fourth-order valence-electron chi connectivity index (χ4n) is 2.76. The third kappa shape index (κ3) is 3.54. The van der Waals surface area contributed by atoms with Gasteiger partial charge in [0, 0.05) is 36.8 Å². The zero-order chi connectivity index (χ0) is 19.7. The van der Waals surface area contributed by atoms with Crippen LogP contribution in [-0.2, 0) is 10.0 Å². The van der Waals surface area contributed by atoms with Gasteiger partial charge in [0.25, 0.3) is 10.0 Å². The molecule has 28 heavy (non-hydrogen) atoms. The molecule has 0 saturated heterocycles. The lowest BCUT2D eigenvalue weighted by atomic mass is 10.2. The molecule has 142 valence electrons. The zero-order valence-electron chi connectivity index (χ0n) is 15.2. The number of anilines is 1. The maximum atomic E-state index is 13.0. The first-order valence-corrected chi connectivity index (χ1v) is 10.7. The fourth-order valence-corrected chi connectivity index (χ4v) is 4.69. The average Bonchev–Trinajstić information content (AvgIpc) is 3.08. The molecule has 7 nitrogen and oxygen atoms in total. The molecule has 1 N–H and O–H groups in total. The summed E-state index contributed by atoms with van der Waals surface area (Å²) in [5, 5.41) is 1.56. The van der Waals surface area contributed by atoms with E-state index in [1.54, 1.807) is 42.9 Å². The highest BCUT2D eigenvalue weighted by Crippen LogP contribution is 2.32. The standard InChI is InChI=1S/C19H17N5O2S2/c1-24(2)12-21-19-15-11-14(8-9-16(15)27-22-19)23-28(25,26)17-7-3-5-13-6-4-10-20-18(13)17/h3-12,23H,1-2H3/b21-12+. The summed E-state index contributed by atoms with van der Waals surface area (Å²) >= 11 is 1.32. The van der Waals surface area contributed by atoms with Gasteiger partial charge in [-0.3, -0.25) is 9.71 Å². The molecule has 9 heteroatoms. The van der Waals surface area contributed by atoms with Crippen LogP contribution in [0.4, 0.5) is 11.5 Å². The van der Waals surface area contributed by atoms with Crippen LogP contribution in [0.2, 0.25) is 0 Å². The Bertz CT molecular complexity index is 1290. The lowest BCUT2D eigenvalue weighted by molar-refractivity contribution is 0.602. The van der Waals surface area contributed by atoms with Crippen molar-refractivity contribution in [2.45, 2.75) is 4.90 Å². The molecule has 0 atom stereocenters. The van der Waals surface area contributed by atoms with Crippen molar-refractivity contribution in [1.82, 2.24) is 14.3 Å². The number of hydrogen-bond donors (Lipinski definition) is 1. The molecule has 2 aromatic heterocycles. The summed E-state index contributed by atoms with van der Waals surface area (Å²) in [5.74, 6) is 0.557. The van der Waals surface area contributed by atoms with E-state index < -0.39 is 10.0 Å². The third-order valence-corrected chi connectivity index (χ3v) is 6.23. The molecule has 0 fully saturated rings. The normalized spacial score (nSPS) is 12.1. The van der Waals surface area contributed by atoms with E-state index in [0.717, 1.165) is 15.5 Å². The maximum Gasteiger partial charge on any atom is 0.264 e. The van der Waals surface area contributed by atoms with Gasteiger partial charge >= 0.3 is 0 Å². The molecule has 0 unspecified atom stereocenters. The van der Waals surface area contributed by atoms with Crippen molar-refractivity contribution in [3.8, 4) is 0 Å². The molecule has 4 aromatic rings. The Morgan fingerprint density at radius 3 is 2.79 bits per heavy atom. The molecule has 0 spiro atoms. The Hall–Kier alpha value is -3.04. The lowest BCUT2D eigenvalue weighted by Gasteiger charge is -2.10. The van der Waals surface area contributed by atoms with Crippen molar-refractivity contribution in [3.05, 3.63) is 54.7 Å². The van der Waals surface area contributed by atoms with Gasteiger partial charge in [-0.1, -0.05) is 18.2 Å². The van der Waals surface area contributed by atoms with Crippen LogP contribution in [0.15, 0.2) is 64.6 Å². The van der Waals surface area contributed by atoms with Crippen molar-refractivity contribution in [2.75, 3.05) is 18.8 Å². The summed E-state index contributed by atoms with van der Waals surface area (Å²) in [6, 6.07) is 14.0. The van der Waals surface area contributed by atoms with Crippen LogP contribution in [-0.4, -0.2) is 43.1 Å². The van der Waals surface area contributed by atoms with Crippen LogP contribution in [0, 0.1) is 0 Å². The van der Waals surface area contributed by atoms with Crippen LogP contribution in [0.25, 0.3) is 21.0 Å². The Morgan fingerprint density at radius 2 is 1.96 bits per heavy atom. The van der Waals surface area contributed by atoms with Gasteiger partial charge in [-0.25, -0.2) is 13.4 Å². The molecule has 4 rings (SSSR count). The number of aliphatic imine (C=N–C) groups is 1. The zero-order valence-corrected chi connectivity index (χ0v) is 16.8. The highest BCUT2D eigenvalue weighted by atomic mass is 32.2. The van der Waals surface area contributed by atoms with Gasteiger partial charge in [-0.05, 0) is 41.9 Å². The van der Waals surface area contributed by atoms with Crippen molar-refractivity contribution in [3.63, 3.8) is 0 Å². The minimum absolute atomic E-state index is 0.139. The Balaban J connectivity index is 1.73. The van der Waals surface area contributed by atoms with E-state index in [1.165, 1.54) is 11.5 Å². The van der Waals surface area contributed by atoms with E-state index in [-0.39, 0.29) is 4.90 Å². The maximum absolute atomic E-state index is 13.0. The summed E-state index contributed by atoms with van der Waals surface area (Å²) in [4.78, 5) is 10.5. The smallest absolute Gasteiger partial charge is 0.264 e. The number of para-hydroxylation sites is 1. The van der Waals surface area contributed by atoms with Gasteiger partial charge in [-0.15, -0.1) is 0 Å². The van der Waals surface area contributed by atoms with Crippen LogP contribution in [0.5, 0.6) is 0 Å². The van der Waals surface area contributed by atoms with Crippen LogP contribution in [0.3, 0.4) is 0 Å². The van der Waals surface area contributed by atoms with Gasteiger partial charge in [0.2, 0.25) is 0 Å². The van der Waals surface area contributed by atoms with Gasteiger partial charge in [0.15, 0.2) is 5.82 Å². The number of nitrogens with zero attached hydrogens (tertiary/aromatic N) is 4. The number of hydrogen-bond acceptors (Lipinski definition) is 6. The Morgan fingerprint density at radius 1 is 1.14 bits per heavy atom. The van der Waals surface area contributed by atoms with Crippen molar-refractivity contribution in [2.24, 2.45) is 4.99 Å². The minimum Gasteiger partial charge on any atom is -0.369 e. The minimum atomic E-state index is -3.81. The highest BCUT2D eigenvalue weighted by Gasteiger charge is 2.19. The summed E-state index contributed by atoms with van der Waals surface area (Å²) in [6.07, 6.45) is 3.24.